The van der Waals surface area contributed by atoms with E-state index in [0.29, 0.717) is 5.69 Å². The molecule has 0 radical (unpaired) electrons. The Morgan fingerprint density at radius 1 is 1.09 bits per heavy atom. The minimum absolute atomic E-state index is 0.0885. The summed E-state index contributed by atoms with van der Waals surface area (Å²) in [5.41, 5.74) is 0.494. The number of nitrogens with zero attached hydrogens (tertiary/aromatic N) is 1. The van der Waals surface area contributed by atoms with Crippen molar-refractivity contribution < 1.29 is 18.3 Å². The molecule has 0 spiro atoms. The molecule has 0 aliphatic rings. The van der Waals surface area contributed by atoms with Gasteiger partial charge in [-0.2, -0.15) is 0 Å². The van der Waals surface area contributed by atoms with Crippen LogP contribution in [0.1, 0.15) is 12.8 Å². The third kappa shape index (κ3) is 4.56. The number of hydrogen-bond donors (Lipinski definition) is 1. The van der Waals surface area contributed by atoms with Crippen molar-refractivity contribution >= 4 is 37.6 Å². The van der Waals surface area contributed by atoms with Gasteiger partial charge in [0, 0.05) is 17.4 Å². The van der Waals surface area contributed by atoms with Crippen LogP contribution in [0.25, 0.3) is 0 Å². The van der Waals surface area contributed by atoms with E-state index in [9.17, 15) is 13.2 Å². The molecule has 2 aromatic carbocycles. The summed E-state index contributed by atoms with van der Waals surface area (Å²) in [6.45, 7) is 0.0972. The molecule has 2 aromatic rings. The zero-order chi connectivity index (χ0) is 16.9. The number of carbonyl (C=O) groups is 1. The van der Waals surface area contributed by atoms with Crippen LogP contribution in [0.2, 0.25) is 0 Å². The number of sulfonamides is 1. The highest BCUT2D eigenvalue weighted by atomic mass is 79.9. The van der Waals surface area contributed by atoms with Crippen molar-refractivity contribution in [3.63, 3.8) is 0 Å². The highest BCUT2D eigenvalue weighted by Crippen LogP contribution is 2.26. The van der Waals surface area contributed by atoms with E-state index in [2.05, 4.69) is 15.9 Å². The average molecular weight is 398 g/mol. The molecule has 0 atom stereocenters. The van der Waals surface area contributed by atoms with Crippen molar-refractivity contribution in [3.05, 3.63) is 59.1 Å². The molecule has 23 heavy (non-hydrogen) atoms. The Bertz CT molecular complexity index is 778. The van der Waals surface area contributed by atoms with Gasteiger partial charge < -0.3 is 5.11 Å². The highest BCUT2D eigenvalue weighted by molar-refractivity contribution is 9.10. The predicted molar refractivity (Wildman–Crippen MR) is 92.0 cm³/mol. The van der Waals surface area contributed by atoms with E-state index in [1.165, 1.54) is 16.4 Å². The Kier molecular flexibility index (Phi) is 5.79. The fraction of sp³-hybridized carbons (Fsp3) is 0.188. The molecule has 7 heteroatoms. The first-order chi connectivity index (χ1) is 10.9. The monoisotopic (exact) mass is 397 g/mol. The lowest BCUT2D eigenvalue weighted by Gasteiger charge is -2.24. The van der Waals surface area contributed by atoms with Crippen LogP contribution in [0, 0.1) is 0 Å². The van der Waals surface area contributed by atoms with Crippen LogP contribution >= 0.6 is 15.9 Å². The van der Waals surface area contributed by atoms with E-state index >= 15 is 0 Å². The molecule has 0 saturated carbocycles. The first-order valence-corrected chi connectivity index (χ1v) is 9.20. The summed E-state index contributed by atoms with van der Waals surface area (Å²) in [6.07, 6.45) is 0.142. The number of hydrogen-bond acceptors (Lipinski definition) is 3. The summed E-state index contributed by atoms with van der Waals surface area (Å²) in [4.78, 5) is 10.9. The van der Waals surface area contributed by atoms with E-state index in [4.69, 9.17) is 5.11 Å². The Hall–Kier alpha value is -1.86. The van der Waals surface area contributed by atoms with Crippen molar-refractivity contribution in [3.8, 4) is 0 Å². The zero-order valence-corrected chi connectivity index (χ0v) is 14.6. The molecule has 0 aliphatic carbocycles. The zero-order valence-electron chi connectivity index (χ0n) is 12.2. The van der Waals surface area contributed by atoms with Crippen molar-refractivity contribution in [2.75, 3.05) is 10.8 Å². The number of aliphatic carboxylic acids is 1. The topological polar surface area (TPSA) is 74.7 Å². The molecule has 0 aliphatic heterocycles. The van der Waals surface area contributed by atoms with E-state index in [1.807, 2.05) is 0 Å². The number of carboxylic acid groups (broad SMARTS) is 1. The van der Waals surface area contributed by atoms with Crippen molar-refractivity contribution in [2.45, 2.75) is 17.7 Å². The minimum Gasteiger partial charge on any atom is -0.481 e. The second-order valence-corrected chi connectivity index (χ2v) is 7.65. The van der Waals surface area contributed by atoms with Gasteiger partial charge in [-0.05, 0) is 36.8 Å². The maximum Gasteiger partial charge on any atom is 0.303 e. The van der Waals surface area contributed by atoms with Gasteiger partial charge in [-0.1, -0.05) is 40.2 Å². The van der Waals surface area contributed by atoms with E-state index in [1.54, 1.807) is 42.5 Å². The molecule has 0 heterocycles. The summed E-state index contributed by atoms with van der Waals surface area (Å²) >= 11 is 3.33. The first kappa shape index (κ1) is 17.5. The largest absolute Gasteiger partial charge is 0.481 e. The summed E-state index contributed by atoms with van der Waals surface area (Å²) in [7, 11) is -3.75. The Labute approximate surface area is 143 Å². The molecule has 1 N–H and O–H groups in total. The summed E-state index contributed by atoms with van der Waals surface area (Å²) in [5, 5.41) is 8.79. The van der Waals surface area contributed by atoms with Gasteiger partial charge in [0.2, 0.25) is 0 Å². The van der Waals surface area contributed by atoms with Gasteiger partial charge >= 0.3 is 5.97 Å². The maximum atomic E-state index is 12.9. The van der Waals surface area contributed by atoms with Crippen molar-refractivity contribution in [1.82, 2.24) is 0 Å². The molecule has 0 saturated heterocycles. The highest BCUT2D eigenvalue weighted by Gasteiger charge is 2.24. The molecule has 0 amide bonds. The van der Waals surface area contributed by atoms with E-state index < -0.39 is 16.0 Å². The molecule has 0 fully saturated rings. The number of anilines is 1. The first-order valence-electron chi connectivity index (χ1n) is 6.96. The van der Waals surface area contributed by atoms with Crippen LogP contribution in [0.5, 0.6) is 0 Å². The fourth-order valence-electron chi connectivity index (χ4n) is 2.11. The summed E-state index contributed by atoms with van der Waals surface area (Å²) < 4.78 is 27.8. The second-order valence-electron chi connectivity index (χ2n) is 4.87. The number of halogens is 1. The number of carboxylic acids is 1. The van der Waals surface area contributed by atoms with E-state index in [0.717, 1.165) is 4.47 Å². The standard InChI is InChI=1S/C16H16BrNO4S/c17-13-6-4-7-14(12-13)18(11-5-10-16(19)20)23(21,22)15-8-2-1-3-9-15/h1-4,6-9,12H,5,10-11H2,(H,19,20). The van der Waals surface area contributed by atoms with Gasteiger partial charge in [0.25, 0.3) is 10.0 Å². The number of benzene rings is 2. The summed E-state index contributed by atoms with van der Waals surface area (Å²) in [5.74, 6) is -0.948. The molecular formula is C16H16BrNO4S. The van der Waals surface area contributed by atoms with Gasteiger partial charge in [-0.3, -0.25) is 9.10 Å². The fourth-order valence-corrected chi connectivity index (χ4v) is 4.02. The molecular weight excluding hydrogens is 382 g/mol. The van der Waals surface area contributed by atoms with Gasteiger partial charge in [0.15, 0.2) is 0 Å². The SMILES string of the molecule is O=C(O)CCCN(c1cccc(Br)c1)S(=O)(=O)c1ccccc1. The quantitative estimate of drug-likeness (QED) is 0.775. The molecule has 2 rings (SSSR count). The van der Waals surface area contributed by atoms with Crippen molar-refractivity contribution in [2.24, 2.45) is 0 Å². The van der Waals surface area contributed by atoms with Crippen LogP contribution in [0.15, 0.2) is 64.0 Å². The van der Waals surface area contributed by atoms with E-state index in [-0.39, 0.29) is 24.3 Å². The van der Waals surface area contributed by atoms with Crippen LogP contribution in [0.3, 0.4) is 0 Å². The molecule has 5 nitrogen and oxygen atoms in total. The predicted octanol–water partition coefficient (Wildman–Crippen LogP) is 3.51. The third-order valence-corrected chi connectivity index (χ3v) is 5.51. The lowest BCUT2D eigenvalue weighted by atomic mass is 10.3. The molecule has 0 unspecified atom stereocenters. The Morgan fingerprint density at radius 3 is 2.39 bits per heavy atom. The van der Waals surface area contributed by atoms with Crippen LogP contribution in [-0.2, 0) is 14.8 Å². The lowest BCUT2D eigenvalue weighted by Crippen LogP contribution is -2.32. The average Bonchev–Trinajstić information content (AvgIpc) is 2.52. The normalized spacial score (nSPS) is 11.2. The maximum absolute atomic E-state index is 12.9. The number of rotatable bonds is 7. The van der Waals surface area contributed by atoms with Gasteiger partial charge in [-0.15, -0.1) is 0 Å². The van der Waals surface area contributed by atoms with Crippen LogP contribution in [-0.4, -0.2) is 26.0 Å². The third-order valence-electron chi connectivity index (χ3n) is 3.18. The smallest absolute Gasteiger partial charge is 0.303 e. The Balaban J connectivity index is 2.38. The van der Waals surface area contributed by atoms with Gasteiger partial charge in [-0.25, -0.2) is 8.42 Å². The molecule has 0 aromatic heterocycles. The second kappa shape index (κ2) is 7.61. The summed E-state index contributed by atoms with van der Waals surface area (Å²) in [6, 6.07) is 15.0. The Morgan fingerprint density at radius 2 is 1.78 bits per heavy atom. The lowest BCUT2D eigenvalue weighted by molar-refractivity contribution is -0.137. The van der Waals surface area contributed by atoms with Gasteiger partial charge in [0.05, 0.1) is 10.6 Å². The van der Waals surface area contributed by atoms with Gasteiger partial charge in [0.1, 0.15) is 0 Å². The van der Waals surface area contributed by atoms with Crippen LogP contribution in [0.4, 0.5) is 5.69 Å². The molecule has 122 valence electrons. The van der Waals surface area contributed by atoms with Crippen LogP contribution < -0.4 is 4.31 Å². The van der Waals surface area contributed by atoms with Crippen molar-refractivity contribution in [1.29, 1.82) is 0 Å². The molecule has 0 bridgehead atoms. The minimum atomic E-state index is -3.75.